The average molecular weight is 277 g/mol. The van der Waals surface area contributed by atoms with Crippen molar-refractivity contribution in [1.82, 2.24) is 9.55 Å². The van der Waals surface area contributed by atoms with E-state index in [9.17, 15) is 9.59 Å². The highest BCUT2D eigenvalue weighted by Crippen LogP contribution is 2.40. The summed E-state index contributed by atoms with van der Waals surface area (Å²) in [6, 6.07) is 9.43. The van der Waals surface area contributed by atoms with Crippen molar-refractivity contribution in [3.63, 3.8) is 0 Å². The SMILES string of the molecule is O=c1[nH]c(Cl)c(C2CC2)c(=O)n1Cc1ccccc1. The summed E-state index contributed by atoms with van der Waals surface area (Å²) >= 11 is 5.98. The van der Waals surface area contributed by atoms with Gasteiger partial charge in [0.15, 0.2) is 0 Å². The molecule has 0 radical (unpaired) electrons. The van der Waals surface area contributed by atoms with Crippen LogP contribution in [0.4, 0.5) is 0 Å². The number of aromatic nitrogens is 2. The molecule has 5 heteroatoms. The van der Waals surface area contributed by atoms with Crippen molar-refractivity contribution in [3.05, 3.63) is 67.4 Å². The zero-order valence-corrected chi connectivity index (χ0v) is 11.0. The van der Waals surface area contributed by atoms with Crippen LogP contribution in [0.25, 0.3) is 0 Å². The standard InChI is InChI=1S/C14H13ClN2O2/c15-12-11(10-6-7-10)13(18)17(14(19)16-12)8-9-4-2-1-3-5-9/h1-5,10H,6-8H2,(H,16,19). The quantitative estimate of drug-likeness (QED) is 0.873. The second-order valence-electron chi connectivity index (χ2n) is 4.81. The van der Waals surface area contributed by atoms with Gasteiger partial charge >= 0.3 is 5.69 Å². The molecule has 0 atom stereocenters. The summed E-state index contributed by atoms with van der Waals surface area (Å²) < 4.78 is 1.22. The maximum atomic E-state index is 12.4. The van der Waals surface area contributed by atoms with Gasteiger partial charge < -0.3 is 0 Å². The molecule has 0 spiro atoms. The Kier molecular flexibility index (Phi) is 3.03. The van der Waals surface area contributed by atoms with E-state index in [4.69, 9.17) is 11.6 Å². The minimum atomic E-state index is -0.455. The first kappa shape index (κ1) is 12.2. The molecule has 1 aliphatic carbocycles. The summed E-state index contributed by atoms with van der Waals surface area (Å²) in [5.74, 6) is 0.207. The van der Waals surface area contributed by atoms with E-state index < -0.39 is 5.69 Å². The Labute approximate surface area is 114 Å². The fraction of sp³-hybridized carbons (Fsp3) is 0.286. The number of rotatable bonds is 3. The molecule has 4 nitrogen and oxygen atoms in total. The molecule has 0 unspecified atom stereocenters. The van der Waals surface area contributed by atoms with Crippen molar-refractivity contribution in [3.8, 4) is 0 Å². The van der Waals surface area contributed by atoms with Gasteiger partial charge in [-0.15, -0.1) is 0 Å². The summed E-state index contributed by atoms with van der Waals surface area (Å²) in [7, 11) is 0. The highest BCUT2D eigenvalue weighted by molar-refractivity contribution is 6.30. The Balaban J connectivity index is 2.08. The molecule has 1 heterocycles. The van der Waals surface area contributed by atoms with Crippen molar-refractivity contribution in [1.29, 1.82) is 0 Å². The Hall–Kier alpha value is -1.81. The maximum Gasteiger partial charge on any atom is 0.329 e. The van der Waals surface area contributed by atoms with Crippen LogP contribution in [0, 0.1) is 0 Å². The Morgan fingerprint density at radius 1 is 1.21 bits per heavy atom. The Morgan fingerprint density at radius 2 is 1.89 bits per heavy atom. The van der Waals surface area contributed by atoms with Crippen molar-refractivity contribution < 1.29 is 0 Å². The first-order valence-electron chi connectivity index (χ1n) is 6.23. The third-order valence-corrected chi connectivity index (χ3v) is 3.64. The predicted octanol–water partition coefficient (Wildman–Crippen LogP) is 2.12. The van der Waals surface area contributed by atoms with Gasteiger partial charge in [-0.05, 0) is 24.3 Å². The molecule has 0 amide bonds. The number of benzene rings is 1. The average Bonchev–Trinajstić information content (AvgIpc) is 3.20. The maximum absolute atomic E-state index is 12.4. The Bertz CT molecular complexity index is 714. The summed E-state index contributed by atoms with van der Waals surface area (Å²) in [5.41, 5.74) is 0.750. The zero-order chi connectivity index (χ0) is 13.4. The molecule has 1 aromatic carbocycles. The van der Waals surface area contributed by atoms with E-state index in [2.05, 4.69) is 4.98 Å². The lowest BCUT2D eigenvalue weighted by Crippen LogP contribution is -2.37. The van der Waals surface area contributed by atoms with Crippen LogP contribution in [0.1, 0.15) is 29.9 Å². The molecule has 1 fully saturated rings. The van der Waals surface area contributed by atoms with Gasteiger partial charge in [0.05, 0.1) is 12.1 Å². The van der Waals surface area contributed by atoms with Crippen LogP contribution < -0.4 is 11.2 Å². The molecule has 1 aromatic heterocycles. The molecular weight excluding hydrogens is 264 g/mol. The van der Waals surface area contributed by atoms with Gasteiger partial charge in [0.2, 0.25) is 0 Å². The summed E-state index contributed by atoms with van der Waals surface area (Å²) in [6.07, 6.45) is 1.93. The van der Waals surface area contributed by atoms with Crippen LogP contribution in [0.2, 0.25) is 5.15 Å². The zero-order valence-electron chi connectivity index (χ0n) is 10.2. The van der Waals surface area contributed by atoms with Gasteiger partial charge in [-0.1, -0.05) is 41.9 Å². The van der Waals surface area contributed by atoms with Crippen molar-refractivity contribution in [2.45, 2.75) is 25.3 Å². The van der Waals surface area contributed by atoms with Gasteiger partial charge in [-0.3, -0.25) is 14.3 Å². The molecule has 0 saturated heterocycles. The predicted molar refractivity (Wildman–Crippen MR) is 73.9 cm³/mol. The summed E-state index contributed by atoms with van der Waals surface area (Å²) in [6.45, 7) is 0.270. The number of halogens is 1. The number of H-pyrrole nitrogens is 1. The molecule has 1 N–H and O–H groups in total. The van der Waals surface area contributed by atoms with Crippen LogP contribution in [0.3, 0.4) is 0 Å². The van der Waals surface area contributed by atoms with E-state index in [0.717, 1.165) is 18.4 Å². The van der Waals surface area contributed by atoms with Crippen molar-refractivity contribution >= 4 is 11.6 Å². The van der Waals surface area contributed by atoms with Gasteiger partial charge in [-0.25, -0.2) is 4.79 Å². The van der Waals surface area contributed by atoms with Crippen LogP contribution in [0.15, 0.2) is 39.9 Å². The van der Waals surface area contributed by atoms with Crippen molar-refractivity contribution in [2.75, 3.05) is 0 Å². The molecular formula is C14H13ClN2O2. The van der Waals surface area contributed by atoms with E-state index in [1.807, 2.05) is 30.3 Å². The second-order valence-corrected chi connectivity index (χ2v) is 5.19. The van der Waals surface area contributed by atoms with Gasteiger partial charge in [0, 0.05) is 0 Å². The molecule has 2 aromatic rings. The third-order valence-electron chi connectivity index (χ3n) is 3.34. The van der Waals surface area contributed by atoms with Gasteiger partial charge in [-0.2, -0.15) is 0 Å². The largest absolute Gasteiger partial charge is 0.329 e. The van der Waals surface area contributed by atoms with E-state index in [0.29, 0.717) is 5.56 Å². The molecule has 1 aliphatic rings. The van der Waals surface area contributed by atoms with E-state index >= 15 is 0 Å². The second kappa shape index (κ2) is 4.70. The van der Waals surface area contributed by atoms with Crippen LogP contribution >= 0.6 is 11.6 Å². The van der Waals surface area contributed by atoms with Crippen LogP contribution in [0.5, 0.6) is 0 Å². The summed E-state index contributed by atoms with van der Waals surface area (Å²) in [5, 5.41) is 0.196. The van der Waals surface area contributed by atoms with Crippen LogP contribution in [-0.2, 0) is 6.54 Å². The molecule has 1 saturated carbocycles. The van der Waals surface area contributed by atoms with Crippen LogP contribution in [-0.4, -0.2) is 9.55 Å². The fourth-order valence-electron chi connectivity index (χ4n) is 2.20. The minimum absolute atomic E-state index is 0.196. The highest BCUT2D eigenvalue weighted by Gasteiger charge is 2.30. The normalized spacial score (nSPS) is 14.6. The molecule has 0 bridgehead atoms. The minimum Gasteiger partial charge on any atom is -0.297 e. The lowest BCUT2D eigenvalue weighted by molar-refractivity contribution is 0.685. The third kappa shape index (κ3) is 2.36. The Morgan fingerprint density at radius 3 is 2.53 bits per heavy atom. The first-order chi connectivity index (χ1) is 9.16. The topological polar surface area (TPSA) is 54.9 Å². The molecule has 19 heavy (non-hydrogen) atoms. The number of nitrogens with one attached hydrogen (secondary N) is 1. The lowest BCUT2D eigenvalue weighted by atomic mass is 10.2. The molecule has 3 rings (SSSR count). The number of hydrogen-bond donors (Lipinski definition) is 1. The highest BCUT2D eigenvalue weighted by atomic mass is 35.5. The van der Waals surface area contributed by atoms with E-state index in [1.54, 1.807) is 0 Å². The van der Waals surface area contributed by atoms with E-state index in [-0.39, 0.29) is 23.2 Å². The van der Waals surface area contributed by atoms with E-state index in [1.165, 1.54) is 4.57 Å². The number of hydrogen-bond acceptors (Lipinski definition) is 2. The smallest absolute Gasteiger partial charge is 0.297 e. The number of aromatic amines is 1. The lowest BCUT2D eigenvalue weighted by Gasteiger charge is -2.08. The molecule has 0 aliphatic heterocycles. The number of nitrogens with zero attached hydrogens (tertiary/aromatic N) is 1. The van der Waals surface area contributed by atoms with Gasteiger partial charge in [0.1, 0.15) is 5.15 Å². The van der Waals surface area contributed by atoms with Gasteiger partial charge in [0.25, 0.3) is 5.56 Å². The monoisotopic (exact) mass is 276 g/mol. The molecule has 98 valence electrons. The summed E-state index contributed by atoms with van der Waals surface area (Å²) in [4.78, 5) is 26.8. The first-order valence-corrected chi connectivity index (χ1v) is 6.61. The fourth-order valence-corrected chi connectivity index (χ4v) is 2.51. The van der Waals surface area contributed by atoms with Crippen molar-refractivity contribution in [2.24, 2.45) is 0 Å².